The molecule has 3 heterocycles. The van der Waals surface area contributed by atoms with Gasteiger partial charge >= 0.3 is 6.18 Å². The molecule has 2 N–H and O–H groups in total. The molecule has 0 spiro atoms. The van der Waals surface area contributed by atoms with Crippen molar-refractivity contribution in [2.75, 3.05) is 44.7 Å². The predicted octanol–water partition coefficient (Wildman–Crippen LogP) is 3.47. The molecule has 2 saturated heterocycles. The molecular weight excluding hydrogens is 461 g/mol. The molecule has 2 atom stereocenters. The molecule has 0 aliphatic carbocycles. The second-order valence-corrected chi connectivity index (χ2v) is 9.77. The number of likely N-dealkylation sites (N-methyl/N-ethyl adjacent to an activating group) is 1. The van der Waals surface area contributed by atoms with Crippen LogP contribution in [0.2, 0.25) is 0 Å². The zero-order valence-electron chi connectivity index (χ0n) is 19.9. The lowest BCUT2D eigenvalue weighted by atomic mass is 10.0. The lowest BCUT2D eigenvalue weighted by Gasteiger charge is -2.30. The van der Waals surface area contributed by atoms with E-state index < -0.39 is 18.4 Å². The number of hydrogen-bond acceptors (Lipinski definition) is 6. The number of pyridine rings is 1. The number of alkyl halides is 3. The Balaban J connectivity index is 1.59. The van der Waals surface area contributed by atoms with Gasteiger partial charge in [0, 0.05) is 36.8 Å². The molecule has 4 rings (SSSR count). The van der Waals surface area contributed by atoms with Gasteiger partial charge in [-0.25, -0.2) is 4.98 Å². The van der Waals surface area contributed by atoms with Crippen LogP contribution in [0.25, 0.3) is 11.3 Å². The van der Waals surface area contributed by atoms with E-state index >= 15 is 0 Å². The third-order valence-corrected chi connectivity index (χ3v) is 6.36. The molecule has 1 aromatic heterocycles. The van der Waals surface area contributed by atoms with E-state index in [1.807, 2.05) is 11.9 Å². The summed E-state index contributed by atoms with van der Waals surface area (Å²) in [7, 11) is 2.03. The van der Waals surface area contributed by atoms with Gasteiger partial charge in [-0.1, -0.05) is 0 Å². The van der Waals surface area contributed by atoms with Gasteiger partial charge in [0.05, 0.1) is 11.3 Å². The number of halogens is 3. The number of hydrogen-bond donors (Lipinski definition) is 2. The van der Waals surface area contributed by atoms with Crippen molar-refractivity contribution in [3.63, 3.8) is 0 Å². The van der Waals surface area contributed by atoms with E-state index in [2.05, 4.69) is 10.2 Å². The first-order valence-corrected chi connectivity index (χ1v) is 11.8. The Hall–Kier alpha value is -2.85. The molecule has 2 aliphatic rings. The van der Waals surface area contributed by atoms with Crippen molar-refractivity contribution in [3.05, 3.63) is 42.0 Å². The summed E-state index contributed by atoms with van der Waals surface area (Å²) in [6.45, 7) is 3.18. The van der Waals surface area contributed by atoms with Crippen LogP contribution in [0, 0.1) is 0 Å². The number of likely N-dealkylation sites (tertiary alicyclic amines) is 1. The second-order valence-electron chi connectivity index (χ2n) is 9.77. The predicted molar refractivity (Wildman–Crippen MR) is 127 cm³/mol. The highest BCUT2D eigenvalue weighted by molar-refractivity contribution is 5.96. The molecule has 0 bridgehead atoms. The van der Waals surface area contributed by atoms with Crippen LogP contribution in [-0.2, 0) is 0 Å². The van der Waals surface area contributed by atoms with Crippen molar-refractivity contribution in [1.82, 2.24) is 15.2 Å². The van der Waals surface area contributed by atoms with Gasteiger partial charge in [-0.3, -0.25) is 4.79 Å². The van der Waals surface area contributed by atoms with E-state index in [4.69, 9.17) is 9.72 Å². The fourth-order valence-electron chi connectivity index (χ4n) is 4.54. The Morgan fingerprint density at radius 3 is 2.63 bits per heavy atom. The van der Waals surface area contributed by atoms with Gasteiger partial charge in [0.25, 0.3) is 5.91 Å². The maximum atomic E-state index is 13.2. The SMILES string of the molecule is CN1CCCC(NC(=O)c2cc(-c3ccc(OCC(F)(F)F)cc3)nc(N3CCC(C)(O)C3)c2)C1. The Morgan fingerprint density at radius 1 is 1.26 bits per heavy atom. The zero-order valence-corrected chi connectivity index (χ0v) is 19.9. The van der Waals surface area contributed by atoms with E-state index in [0.29, 0.717) is 42.1 Å². The molecule has 2 fully saturated rings. The van der Waals surface area contributed by atoms with Crippen LogP contribution in [0.1, 0.15) is 36.5 Å². The van der Waals surface area contributed by atoms with Crippen molar-refractivity contribution in [2.24, 2.45) is 0 Å². The summed E-state index contributed by atoms with van der Waals surface area (Å²) in [6.07, 6.45) is -1.91. The molecule has 2 aromatic rings. The van der Waals surface area contributed by atoms with Crippen molar-refractivity contribution < 1.29 is 27.8 Å². The molecular formula is C25H31F3N4O3. The summed E-state index contributed by atoms with van der Waals surface area (Å²) in [4.78, 5) is 22.0. The van der Waals surface area contributed by atoms with Gasteiger partial charge in [0.2, 0.25) is 0 Å². The first-order chi connectivity index (χ1) is 16.5. The maximum absolute atomic E-state index is 13.2. The summed E-state index contributed by atoms with van der Waals surface area (Å²) in [5.41, 5.74) is 0.762. The van der Waals surface area contributed by atoms with E-state index in [-0.39, 0.29) is 17.7 Å². The van der Waals surface area contributed by atoms with E-state index in [1.165, 1.54) is 12.1 Å². The lowest BCUT2D eigenvalue weighted by molar-refractivity contribution is -0.153. The van der Waals surface area contributed by atoms with Crippen LogP contribution in [0.4, 0.5) is 19.0 Å². The van der Waals surface area contributed by atoms with Crippen LogP contribution in [0.3, 0.4) is 0 Å². The summed E-state index contributed by atoms with van der Waals surface area (Å²) in [6, 6.07) is 9.62. The van der Waals surface area contributed by atoms with Crippen molar-refractivity contribution in [2.45, 2.75) is 44.0 Å². The summed E-state index contributed by atoms with van der Waals surface area (Å²) in [5, 5.41) is 13.5. The average Bonchev–Trinajstić information content (AvgIpc) is 3.17. The summed E-state index contributed by atoms with van der Waals surface area (Å²) in [5.74, 6) is 0.465. The average molecular weight is 493 g/mol. The third kappa shape index (κ3) is 6.85. The number of amides is 1. The van der Waals surface area contributed by atoms with Gasteiger partial charge in [0.15, 0.2) is 6.61 Å². The minimum atomic E-state index is -4.42. The fraction of sp³-hybridized carbons (Fsp3) is 0.520. The monoisotopic (exact) mass is 492 g/mol. The molecule has 2 aliphatic heterocycles. The second kappa shape index (κ2) is 10.0. The maximum Gasteiger partial charge on any atom is 0.422 e. The van der Waals surface area contributed by atoms with E-state index in [1.54, 1.807) is 31.2 Å². The number of piperidine rings is 1. The number of ether oxygens (including phenoxy) is 1. The molecule has 7 nitrogen and oxygen atoms in total. The summed E-state index contributed by atoms with van der Waals surface area (Å²) < 4.78 is 42.1. The molecule has 10 heteroatoms. The number of benzene rings is 1. The van der Waals surface area contributed by atoms with Crippen LogP contribution >= 0.6 is 0 Å². The van der Waals surface area contributed by atoms with Crippen molar-refractivity contribution in [1.29, 1.82) is 0 Å². The van der Waals surface area contributed by atoms with Gasteiger partial charge < -0.3 is 25.0 Å². The highest BCUT2D eigenvalue weighted by Crippen LogP contribution is 2.30. The van der Waals surface area contributed by atoms with Crippen LogP contribution in [0.5, 0.6) is 5.75 Å². The number of carbonyl (C=O) groups excluding carboxylic acids is 1. The first kappa shape index (κ1) is 25.2. The summed E-state index contributed by atoms with van der Waals surface area (Å²) >= 11 is 0. The smallest absolute Gasteiger partial charge is 0.422 e. The van der Waals surface area contributed by atoms with Crippen LogP contribution < -0.4 is 15.0 Å². The molecule has 1 aromatic carbocycles. The van der Waals surface area contributed by atoms with Gasteiger partial charge in [0.1, 0.15) is 11.6 Å². The quantitative estimate of drug-likeness (QED) is 0.643. The van der Waals surface area contributed by atoms with Crippen LogP contribution in [-0.4, -0.2) is 78.6 Å². The van der Waals surface area contributed by atoms with Gasteiger partial charge in [-0.15, -0.1) is 0 Å². The third-order valence-electron chi connectivity index (χ3n) is 6.36. The van der Waals surface area contributed by atoms with E-state index in [9.17, 15) is 23.1 Å². The Labute approximate surface area is 202 Å². The molecule has 35 heavy (non-hydrogen) atoms. The molecule has 0 radical (unpaired) electrons. The number of aliphatic hydroxyl groups is 1. The molecule has 2 unspecified atom stereocenters. The van der Waals surface area contributed by atoms with E-state index in [0.717, 1.165) is 25.9 Å². The number of rotatable bonds is 6. The number of carbonyl (C=O) groups is 1. The highest BCUT2D eigenvalue weighted by Gasteiger charge is 2.33. The highest BCUT2D eigenvalue weighted by atomic mass is 19.4. The first-order valence-electron chi connectivity index (χ1n) is 11.8. The van der Waals surface area contributed by atoms with Crippen molar-refractivity contribution in [3.8, 4) is 17.0 Å². The minimum Gasteiger partial charge on any atom is -0.484 e. The lowest BCUT2D eigenvalue weighted by Crippen LogP contribution is -2.46. The number of β-amino-alcohol motifs (C(OH)–C–C–N with tert-alkyl or cyclic N) is 1. The topological polar surface area (TPSA) is 77.9 Å². The number of aromatic nitrogens is 1. The van der Waals surface area contributed by atoms with Crippen molar-refractivity contribution >= 4 is 11.7 Å². The van der Waals surface area contributed by atoms with Gasteiger partial charge in [-0.05, 0) is 76.2 Å². The number of anilines is 1. The van der Waals surface area contributed by atoms with Crippen LogP contribution in [0.15, 0.2) is 36.4 Å². The minimum absolute atomic E-state index is 0.0545. The largest absolute Gasteiger partial charge is 0.484 e. The Kier molecular flexibility index (Phi) is 7.23. The fourth-order valence-corrected chi connectivity index (χ4v) is 4.54. The zero-order chi connectivity index (χ0) is 25.2. The number of nitrogens with one attached hydrogen (secondary N) is 1. The molecule has 190 valence electrons. The number of nitrogens with zero attached hydrogens (tertiary/aromatic N) is 3. The Morgan fingerprint density at radius 2 is 2.00 bits per heavy atom. The Bertz CT molecular complexity index is 1040. The molecule has 1 amide bonds. The normalized spacial score (nSPS) is 23.4. The standard InChI is InChI=1S/C25H31F3N4O3/c1-24(34)9-11-32(15-24)22-13-18(23(33)29-19-4-3-10-31(2)14-19)12-21(30-22)17-5-7-20(8-6-17)35-16-25(26,27)28/h5-8,12-13,19,34H,3-4,9-11,14-16H2,1-2H3,(H,29,33). The van der Waals surface area contributed by atoms with Gasteiger partial charge in [-0.2, -0.15) is 13.2 Å². The molecule has 0 saturated carbocycles.